The predicted octanol–water partition coefficient (Wildman–Crippen LogP) is 3.82. The molecule has 21 heavy (non-hydrogen) atoms. The minimum Gasteiger partial charge on any atom is -0.497 e. The Balaban J connectivity index is 2.08. The maximum atomic E-state index is 5.34. The molecular formula is C16H18N2O2S. The summed E-state index contributed by atoms with van der Waals surface area (Å²) in [5, 5.41) is 6.81. The smallest absolute Gasteiger partial charge is 0.175 e. The van der Waals surface area contributed by atoms with Gasteiger partial charge in [0.15, 0.2) is 5.11 Å². The minimum absolute atomic E-state index is 0.507. The monoisotopic (exact) mass is 302 g/mol. The van der Waals surface area contributed by atoms with Gasteiger partial charge in [0.1, 0.15) is 11.5 Å². The number of aryl methyl sites for hydroxylation is 1. The molecule has 0 saturated carbocycles. The first-order chi connectivity index (χ1) is 10.1. The Morgan fingerprint density at radius 3 is 2.33 bits per heavy atom. The molecule has 0 saturated heterocycles. The lowest BCUT2D eigenvalue weighted by Gasteiger charge is -2.15. The number of methoxy groups -OCH3 is 2. The molecule has 0 aromatic heterocycles. The Kier molecular flexibility index (Phi) is 5.00. The molecule has 0 aliphatic carbocycles. The summed E-state index contributed by atoms with van der Waals surface area (Å²) in [6.45, 7) is 2.00. The van der Waals surface area contributed by atoms with Crippen LogP contribution >= 0.6 is 12.2 Å². The van der Waals surface area contributed by atoms with Gasteiger partial charge in [-0.1, -0.05) is 12.1 Å². The molecule has 0 heterocycles. The van der Waals surface area contributed by atoms with Crippen molar-refractivity contribution in [3.63, 3.8) is 0 Å². The van der Waals surface area contributed by atoms with Crippen LogP contribution in [0.25, 0.3) is 0 Å². The lowest BCUT2D eigenvalue weighted by atomic mass is 10.2. The molecule has 0 spiro atoms. The molecule has 2 N–H and O–H groups in total. The van der Waals surface area contributed by atoms with Crippen molar-refractivity contribution < 1.29 is 9.47 Å². The average molecular weight is 302 g/mol. The Bertz CT molecular complexity index is 644. The van der Waals surface area contributed by atoms with Crippen LogP contribution in [0.5, 0.6) is 11.5 Å². The second kappa shape index (κ2) is 6.95. The van der Waals surface area contributed by atoms with Crippen molar-refractivity contribution in [3.05, 3.63) is 48.0 Å². The number of ether oxygens (including phenoxy) is 2. The van der Waals surface area contributed by atoms with Gasteiger partial charge < -0.3 is 20.1 Å². The number of thiocarbonyl (C=S) groups is 1. The molecule has 0 atom stereocenters. The van der Waals surface area contributed by atoms with Gasteiger partial charge in [-0.2, -0.15) is 0 Å². The van der Waals surface area contributed by atoms with Gasteiger partial charge in [-0.25, -0.2) is 0 Å². The largest absolute Gasteiger partial charge is 0.497 e. The first-order valence-electron chi connectivity index (χ1n) is 6.49. The van der Waals surface area contributed by atoms with Gasteiger partial charge in [-0.05, 0) is 55.0 Å². The summed E-state index contributed by atoms with van der Waals surface area (Å²) in [4.78, 5) is 0. The van der Waals surface area contributed by atoms with E-state index in [1.54, 1.807) is 14.2 Å². The molecule has 110 valence electrons. The molecule has 0 unspecified atom stereocenters. The van der Waals surface area contributed by atoms with Gasteiger partial charge in [0.2, 0.25) is 0 Å². The van der Waals surface area contributed by atoms with Crippen molar-refractivity contribution in [1.82, 2.24) is 0 Å². The van der Waals surface area contributed by atoms with Crippen LogP contribution in [0.2, 0.25) is 0 Å². The number of anilines is 2. The quantitative estimate of drug-likeness (QED) is 0.840. The van der Waals surface area contributed by atoms with E-state index in [2.05, 4.69) is 10.6 Å². The molecule has 2 aromatic carbocycles. The molecule has 2 rings (SSSR count). The first-order valence-corrected chi connectivity index (χ1v) is 6.90. The topological polar surface area (TPSA) is 42.5 Å². The van der Waals surface area contributed by atoms with E-state index in [0.29, 0.717) is 5.11 Å². The highest BCUT2D eigenvalue weighted by molar-refractivity contribution is 7.80. The van der Waals surface area contributed by atoms with E-state index in [4.69, 9.17) is 21.7 Å². The molecule has 0 fully saturated rings. The highest BCUT2D eigenvalue weighted by atomic mass is 32.1. The van der Waals surface area contributed by atoms with Crippen molar-refractivity contribution in [1.29, 1.82) is 0 Å². The van der Waals surface area contributed by atoms with Crippen LogP contribution in [0.1, 0.15) is 5.56 Å². The van der Waals surface area contributed by atoms with E-state index in [-0.39, 0.29) is 0 Å². The minimum atomic E-state index is 0.507. The molecule has 5 heteroatoms. The van der Waals surface area contributed by atoms with Crippen molar-refractivity contribution in [2.24, 2.45) is 0 Å². The van der Waals surface area contributed by atoms with Gasteiger partial charge >= 0.3 is 0 Å². The zero-order chi connectivity index (χ0) is 15.2. The predicted molar refractivity (Wildman–Crippen MR) is 90.6 cm³/mol. The summed E-state index contributed by atoms with van der Waals surface area (Å²) in [6, 6.07) is 13.4. The lowest BCUT2D eigenvalue weighted by molar-refractivity contribution is 0.414. The lowest BCUT2D eigenvalue weighted by Crippen LogP contribution is -2.20. The average Bonchev–Trinajstić information content (AvgIpc) is 2.49. The summed E-state index contributed by atoms with van der Waals surface area (Å²) < 4.78 is 10.5. The molecule has 0 amide bonds. The SMILES string of the molecule is COc1ccc(NC(=S)Nc2ccccc2OC)c(C)c1. The number of hydrogen-bond acceptors (Lipinski definition) is 3. The van der Waals surface area contributed by atoms with Crippen LogP contribution in [0.15, 0.2) is 42.5 Å². The van der Waals surface area contributed by atoms with Crippen LogP contribution < -0.4 is 20.1 Å². The number of rotatable bonds is 4. The van der Waals surface area contributed by atoms with Crippen LogP contribution in [0.4, 0.5) is 11.4 Å². The number of hydrogen-bond donors (Lipinski definition) is 2. The fraction of sp³-hybridized carbons (Fsp3) is 0.188. The van der Waals surface area contributed by atoms with Gasteiger partial charge in [0.05, 0.1) is 19.9 Å². The zero-order valence-corrected chi connectivity index (χ0v) is 13.1. The fourth-order valence-corrected chi connectivity index (χ4v) is 2.15. The van der Waals surface area contributed by atoms with Crippen LogP contribution in [-0.4, -0.2) is 19.3 Å². The van der Waals surface area contributed by atoms with E-state index in [1.807, 2.05) is 49.4 Å². The molecule has 2 aromatic rings. The molecule has 0 bridgehead atoms. The third-order valence-corrected chi connectivity index (χ3v) is 3.24. The summed E-state index contributed by atoms with van der Waals surface area (Å²) in [6.07, 6.45) is 0. The maximum Gasteiger partial charge on any atom is 0.175 e. The van der Waals surface area contributed by atoms with E-state index in [9.17, 15) is 0 Å². The fourth-order valence-electron chi connectivity index (χ4n) is 1.93. The number of nitrogens with one attached hydrogen (secondary N) is 2. The van der Waals surface area contributed by atoms with Crippen LogP contribution in [-0.2, 0) is 0 Å². The van der Waals surface area contributed by atoms with Crippen molar-refractivity contribution in [2.75, 3.05) is 24.9 Å². The summed E-state index contributed by atoms with van der Waals surface area (Å²) >= 11 is 5.34. The summed E-state index contributed by atoms with van der Waals surface area (Å²) in [5.74, 6) is 1.56. The zero-order valence-electron chi connectivity index (χ0n) is 12.3. The maximum absolute atomic E-state index is 5.34. The Morgan fingerprint density at radius 1 is 0.952 bits per heavy atom. The van der Waals surface area contributed by atoms with E-state index < -0.39 is 0 Å². The summed E-state index contributed by atoms with van der Waals surface area (Å²) in [5.41, 5.74) is 2.81. The number of benzene rings is 2. The Morgan fingerprint density at radius 2 is 1.67 bits per heavy atom. The second-order valence-corrected chi connectivity index (χ2v) is 4.87. The second-order valence-electron chi connectivity index (χ2n) is 4.46. The van der Waals surface area contributed by atoms with Gasteiger partial charge in [-0.15, -0.1) is 0 Å². The van der Waals surface area contributed by atoms with Crippen molar-refractivity contribution >= 4 is 28.7 Å². The van der Waals surface area contributed by atoms with Crippen LogP contribution in [0, 0.1) is 6.92 Å². The van der Waals surface area contributed by atoms with Gasteiger partial charge in [0, 0.05) is 5.69 Å². The normalized spacial score (nSPS) is 9.86. The third-order valence-electron chi connectivity index (χ3n) is 3.04. The number of para-hydroxylation sites is 2. The molecule has 0 radical (unpaired) electrons. The third kappa shape index (κ3) is 3.86. The molecule has 4 nitrogen and oxygen atoms in total. The van der Waals surface area contributed by atoms with Crippen molar-refractivity contribution in [3.8, 4) is 11.5 Å². The first kappa shape index (κ1) is 15.1. The summed E-state index contributed by atoms with van der Waals surface area (Å²) in [7, 11) is 3.28. The van der Waals surface area contributed by atoms with Gasteiger partial charge in [0.25, 0.3) is 0 Å². The van der Waals surface area contributed by atoms with E-state index in [1.165, 1.54) is 0 Å². The van der Waals surface area contributed by atoms with E-state index in [0.717, 1.165) is 28.4 Å². The molecule has 0 aliphatic heterocycles. The van der Waals surface area contributed by atoms with E-state index >= 15 is 0 Å². The van der Waals surface area contributed by atoms with Crippen LogP contribution in [0.3, 0.4) is 0 Å². The van der Waals surface area contributed by atoms with Gasteiger partial charge in [-0.3, -0.25) is 0 Å². The highest BCUT2D eigenvalue weighted by Gasteiger charge is 2.06. The van der Waals surface area contributed by atoms with Crippen molar-refractivity contribution in [2.45, 2.75) is 6.92 Å². The highest BCUT2D eigenvalue weighted by Crippen LogP contribution is 2.24. The standard InChI is InChI=1S/C16H18N2O2S/c1-11-10-12(19-2)8-9-13(11)17-16(21)18-14-6-4-5-7-15(14)20-3/h4-10H,1-3H3,(H2,17,18,21). The molecule has 0 aliphatic rings. The Hall–Kier alpha value is -2.27. The Labute approximate surface area is 130 Å². The molecular weight excluding hydrogens is 284 g/mol.